The monoisotopic (exact) mass is 253 g/mol. The molecule has 1 aliphatic heterocycles. The zero-order valence-corrected chi connectivity index (χ0v) is 11.2. The third-order valence-electron chi connectivity index (χ3n) is 3.42. The van der Waals surface area contributed by atoms with Gasteiger partial charge in [0.25, 0.3) is 0 Å². The van der Waals surface area contributed by atoms with E-state index in [2.05, 4.69) is 18.7 Å². The first kappa shape index (κ1) is 12.6. The topological polar surface area (TPSA) is 37.4 Å². The van der Waals surface area contributed by atoms with Crippen LogP contribution in [0.1, 0.15) is 20.3 Å². The van der Waals surface area contributed by atoms with Crippen molar-refractivity contribution in [3.63, 3.8) is 0 Å². The van der Waals surface area contributed by atoms with Crippen molar-refractivity contribution in [2.24, 2.45) is 0 Å². The van der Waals surface area contributed by atoms with E-state index in [1.165, 1.54) is 0 Å². The van der Waals surface area contributed by atoms with Crippen molar-refractivity contribution in [2.45, 2.75) is 36.5 Å². The van der Waals surface area contributed by atoms with Gasteiger partial charge in [-0.3, -0.25) is 4.90 Å². The van der Waals surface area contributed by atoms with Crippen molar-refractivity contribution in [1.29, 1.82) is 0 Å². The Labute approximate surface area is 103 Å². The lowest BCUT2D eigenvalue weighted by Gasteiger charge is -2.20. The van der Waals surface area contributed by atoms with Crippen LogP contribution in [0.4, 0.5) is 0 Å². The van der Waals surface area contributed by atoms with Gasteiger partial charge in [0, 0.05) is 12.6 Å². The molecule has 94 valence electrons. The Kier molecular flexibility index (Phi) is 3.54. The molecule has 0 amide bonds. The summed E-state index contributed by atoms with van der Waals surface area (Å²) in [5.41, 5.74) is 0. The quantitative estimate of drug-likeness (QED) is 0.826. The molecule has 1 saturated heterocycles. The molecule has 1 aliphatic rings. The number of nitrogens with zero attached hydrogens (tertiary/aromatic N) is 1. The normalized spacial score (nSPS) is 22.2. The molecular formula is C13H19NO2S. The molecule has 0 aliphatic carbocycles. The smallest absolute Gasteiger partial charge is 0.182 e. The predicted octanol–water partition coefficient (Wildman–Crippen LogP) is 1.94. The first-order chi connectivity index (χ1) is 8.01. The molecule has 1 fully saturated rings. The van der Waals surface area contributed by atoms with Crippen LogP contribution in [0.3, 0.4) is 0 Å². The van der Waals surface area contributed by atoms with Gasteiger partial charge in [0.15, 0.2) is 9.84 Å². The van der Waals surface area contributed by atoms with Gasteiger partial charge in [0.1, 0.15) is 0 Å². The largest absolute Gasteiger partial charge is 0.300 e. The third kappa shape index (κ3) is 2.53. The van der Waals surface area contributed by atoms with E-state index in [4.69, 9.17) is 0 Å². The van der Waals surface area contributed by atoms with Crippen LogP contribution in [-0.4, -0.2) is 37.7 Å². The van der Waals surface area contributed by atoms with Gasteiger partial charge < -0.3 is 0 Å². The summed E-state index contributed by atoms with van der Waals surface area (Å²) in [6.45, 7) is 5.76. The Hall–Kier alpha value is -0.870. The molecule has 0 N–H and O–H groups in total. The van der Waals surface area contributed by atoms with Crippen molar-refractivity contribution in [3.8, 4) is 0 Å². The molecule has 0 spiro atoms. The number of likely N-dealkylation sites (tertiary alicyclic amines) is 1. The average Bonchev–Trinajstić information content (AvgIpc) is 2.80. The summed E-state index contributed by atoms with van der Waals surface area (Å²) in [4.78, 5) is 2.68. The summed E-state index contributed by atoms with van der Waals surface area (Å²) in [6.07, 6.45) is 0.745. The highest BCUT2D eigenvalue weighted by atomic mass is 32.2. The first-order valence-corrected chi connectivity index (χ1v) is 7.59. The number of hydrogen-bond acceptors (Lipinski definition) is 3. The van der Waals surface area contributed by atoms with Gasteiger partial charge in [-0.1, -0.05) is 18.2 Å². The molecular weight excluding hydrogens is 234 g/mol. The van der Waals surface area contributed by atoms with Crippen LogP contribution < -0.4 is 0 Å². The Morgan fingerprint density at radius 3 is 2.41 bits per heavy atom. The Morgan fingerprint density at radius 2 is 1.88 bits per heavy atom. The summed E-state index contributed by atoms with van der Waals surface area (Å²) in [5, 5.41) is -0.243. The average molecular weight is 253 g/mol. The zero-order chi connectivity index (χ0) is 12.5. The van der Waals surface area contributed by atoms with Crippen molar-refractivity contribution in [2.75, 3.05) is 13.1 Å². The highest BCUT2D eigenvalue weighted by molar-refractivity contribution is 7.92. The fraction of sp³-hybridized carbons (Fsp3) is 0.538. The van der Waals surface area contributed by atoms with Crippen LogP contribution in [-0.2, 0) is 9.84 Å². The molecule has 0 saturated carbocycles. The second kappa shape index (κ2) is 4.78. The molecule has 0 radical (unpaired) electrons. The summed E-state index contributed by atoms with van der Waals surface area (Å²) in [7, 11) is -3.15. The SMILES string of the molecule is CC(C)N1CCC(S(=O)(=O)c2ccccc2)C1. The van der Waals surface area contributed by atoms with Crippen LogP contribution >= 0.6 is 0 Å². The van der Waals surface area contributed by atoms with Crippen LogP contribution in [0, 0.1) is 0 Å². The molecule has 1 aromatic rings. The van der Waals surface area contributed by atoms with E-state index in [9.17, 15) is 8.42 Å². The lowest BCUT2D eigenvalue weighted by Crippen LogP contribution is -2.31. The van der Waals surface area contributed by atoms with E-state index in [1.54, 1.807) is 24.3 Å². The molecule has 17 heavy (non-hydrogen) atoms. The molecule has 1 aromatic carbocycles. The minimum atomic E-state index is -3.15. The maximum atomic E-state index is 12.4. The molecule has 1 unspecified atom stereocenters. The fourth-order valence-corrected chi connectivity index (χ4v) is 4.00. The summed E-state index contributed by atoms with van der Waals surface area (Å²) in [6, 6.07) is 9.20. The van der Waals surface area contributed by atoms with Crippen molar-refractivity contribution in [3.05, 3.63) is 30.3 Å². The highest BCUT2D eigenvalue weighted by Gasteiger charge is 2.34. The number of benzene rings is 1. The summed E-state index contributed by atoms with van der Waals surface area (Å²) >= 11 is 0. The molecule has 3 nitrogen and oxygen atoms in total. The first-order valence-electron chi connectivity index (χ1n) is 6.05. The van der Waals surface area contributed by atoms with Gasteiger partial charge in [-0.25, -0.2) is 8.42 Å². The van der Waals surface area contributed by atoms with Gasteiger partial charge in [0.05, 0.1) is 10.1 Å². The van der Waals surface area contributed by atoms with Crippen molar-refractivity contribution in [1.82, 2.24) is 4.90 Å². The van der Waals surface area contributed by atoms with Crippen molar-refractivity contribution < 1.29 is 8.42 Å². The second-order valence-corrected chi connectivity index (χ2v) is 7.09. The maximum Gasteiger partial charge on any atom is 0.182 e. The molecule has 2 rings (SSSR count). The van der Waals surface area contributed by atoms with E-state index in [0.717, 1.165) is 13.0 Å². The van der Waals surface area contributed by atoms with E-state index in [-0.39, 0.29) is 5.25 Å². The minimum Gasteiger partial charge on any atom is -0.300 e. The van der Waals surface area contributed by atoms with Gasteiger partial charge in [-0.2, -0.15) is 0 Å². The molecule has 1 heterocycles. The van der Waals surface area contributed by atoms with Crippen LogP contribution in [0.5, 0.6) is 0 Å². The Balaban J connectivity index is 2.19. The number of hydrogen-bond donors (Lipinski definition) is 0. The third-order valence-corrected chi connectivity index (χ3v) is 5.61. The number of sulfone groups is 1. The van der Waals surface area contributed by atoms with Crippen LogP contribution in [0.2, 0.25) is 0 Å². The van der Waals surface area contributed by atoms with Crippen molar-refractivity contribution >= 4 is 9.84 Å². The minimum absolute atomic E-state index is 0.243. The van der Waals surface area contributed by atoms with Gasteiger partial charge >= 0.3 is 0 Å². The highest BCUT2D eigenvalue weighted by Crippen LogP contribution is 2.24. The zero-order valence-electron chi connectivity index (χ0n) is 10.3. The van der Waals surface area contributed by atoms with Crippen LogP contribution in [0.25, 0.3) is 0 Å². The number of rotatable bonds is 3. The second-order valence-electron chi connectivity index (χ2n) is 4.86. The maximum absolute atomic E-state index is 12.4. The van der Waals surface area contributed by atoms with Gasteiger partial charge in [-0.15, -0.1) is 0 Å². The predicted molar refractivity (Wildman–Crippen MR) is 68.7 cm³/mol. The standard InChI is InChI=1S/C13H19NO2S/c1-11(2)14-9-8-13(10-14)17(15,16)12-6-4-3-5-7-12/h3-7,11,13H,8-10H2,1-2H3. The molecule has 0 bridgehead atoms. The molecule has 4 heteroatoms. The Bertz CT molecular complexity index is 467. The summed E-state index contributed by atoms with van der Waals surface area (Å²) < 4.78 is 24.8. The molecule has 0 aromatic heterocycles. The van der Waals surface area contributed by atoms with E-state index in [1.807, 2.05) is 6.07 Å². The lowest BCUT2D eigenvalue weighted by molar-refractivity contribution is 0.276. The van der Waals surface area contributed by atoms with Gasteiger partial charge in [0.2, 0.25) is 0 Å². The van der Waals surface area contributed by atoms with E-state index >= 15 is 0 Å². The van der Waals surface area contributed by atoms with E-state index < -0.39 is 9.84 Å². The van der Waals surface area contributed by atoms with E-state index in [0.29, 0.717) is 17.5 Å². The lowest BCUT2D eigenvalue weighted by atomic mass is 10.3. The molecule has 1 atom stereocenters. The van der Waals surface area contributed by atoms with Crippen LogP contribution in [0.15, 0.2) is 35.2 Å². The van der Waals surface area contributed by atoms with Gasteiger partial charge in [-0.05, 0) is 38.9 Å². The Morgan fingerprint density at radius 1 is 1.24 bits per heavy atom. The fourth-order valence-electron chi connectivity index (χ4n) is 2.28. The summed E-state index contributed by atoms with van der Waals surface area (Å²) in [5.74, 6) is 0.